The van der Waals surface area contributed by atoms with Crippen molar-refractivity contribution in [1.29, 1.82) is 0 Å². The van der Waals surface area contributed by atoms with E-state index in [1.807, 2.05) is 30.5 Å². The molecule has 4 aromatic rings. The molecule has 2 aromatic heterocycles. The number of amides is 6. The molecule has 2 fully saturated rings. The topological polar surface area (TPSA) is 219 Å². The van der Waals surface area contributed by atoms with Gasteiger partial charge in [0.05, 0.1) is 17.3 Å². The van der Waals surface area contributed by atoms with E-state index in [1.54, 1.807) is 4.52 Å². The van der Waals surface area contributed by atoms with Crippen LogP contribution in [0.3, 0.4) is 0 Å². The zero-order valence-corrected chi connectivity index (χ0v) is 34.7. The lowest BCUT2D eigenvalue weighted by molar-refractivity contribution is -0.136. The molecule has 0 saturated carbocycles. The number of nitrogens with zero attached hydrogens (tertiary/aromatic N) is 6. The van der Waals surface area contributed by atoms with Crippen LogP contribution in [0.4, 0.5) is 11.6 Å². The first-order valence-electron chi connectivity index (χ1n) is 20.9. The van der Waals surface area contributed by atoms with E-state index in [9.17, 15) is 28.8 Å². The van der Waals surface area contributed by atoms with E-state index < -0.39 is 35.6 Å². The number of unbranched alkanes of at least 4 members (excludes halogenated alkanes) is 3. The lowest BCUT2D eigenvalue weighted by atomic mass is 10.0. The molecule has 5 heterocycles. The first kappa shape index (κ1) is 42.7. The molecular formula is C43H52N10O8. The van der Waals surface area contributed by atoms with Crippen LogP contribution in [-0.4, -0.2) is 110 Å². The van der Waals surface area contributed by atoms with Gasteiger partial charge in [-0.25, -0.2) is 0 Å². The van der Waals surface area contributed by atoms with Gasteiger partial charge in [-0.1, -0.05) is 44.9 Å². The van der Waals surface area contributed by atoms with Crippen LogP contribution in [0.2, 0.25) is 0 Å². The SMILES string of the molecule is CC(C)c1cnn2c(NCc3cccc(NC(=O)CCCCCCNC(=O)COc4cccc5c4C(=O)N(C4CCC(=O)NC4=O)C5=O)c3)nc(OC3CCN(C)CC3)nc12. The molecule has 18 nitrogen and oxygen atoms in total. The van der Waals surface area contributed by atoms with Gasteiger partial charge < -0.3 is 30.3 Å². The highest BCUT2D eigenvalue weighted by atomic mass is 16.5. The summed E-state index contributed by atoms with van der Waals surface area (Å²) in [5, 5.41) is 15.9. The summed E-state index contributed by atoms with van der Waals surface area (Å²) in [5.74, 6) is -2.22. The number of piperidine rings is 2. The minimum absolute atomic E-state index is 0.0110. The molecule has 3 aliphatic heterocycles. The number of carbonyl (C=O) groups is 6. The molecule has 7 rings (SSSR count). The van der Waals surface area contributed by atoms with Gasteiger partial charge >= 0.3 is 6.01 Å². The smallest absolute Gasteiger partial charge is 0.322 e. The normalized spacial score (nSPS) is 17.1. The maximum Gasteiger partial charge on any atom is 0.322 e. The van der Waals surface area contributed by atoms with Crippen LogP contribution in [0.25, 0.3) is 5.65 Å². The minimum Gasteiger partial charge on any atom is -0.483 e. The summed E-state index contributed by atoms with van der Waals surface area (Å²) in [7, 11) is 2.11. The summed E-state index contributed by atoms with van der Waals surface area (Å²) >= 11 is 0. The maximum atomic E-state index is 13.2. The van der Waals surface area contributed by atoms with Gasteiger partial charge in [-0.2, -0.15) is 19.6 Å². The number of hydrogen-bond donors (Lipinski definition) is 4. The molecule has 61 heavy (non-hydrogen) atoms. The molecule has 322 valence electrons. The first-order valence-corrected chi connectivity index (χ1v) is 20.9. The zero-order chi connectivity index (χ0) is 43.0. The van der Waals surface area contributed by atoms with E-state index in [2.05, 4.69) is 52.2 Å². The number of hydrogen-bond acceptors (Lipinski definition) is 13. The average Bonchev–Trinajstić information content (AvgIpc) is 3.78. The van der Waals surface area contributed by atoms with Crippen molar-refractivity contribution in [2.45, 2.75) is 96.2 Å². The Balaban J connectivity index is 0.812. The van der Waals surface area contributed by atoms with Crippen LogP contribution in [0.1, 0.15) is 109 Å². The highest BCUT2D eigenvalue weighted by molar-refractivity contribution is 6.24. The second-order valence-electron chi connectivity index (χ2n) is 16.0. The molecule has 0 radical (unpaired) electrons. The number of fused-ring (bicyclic) bond motifs is 2. The quantitative estimate of drug-likeness (QED) is 0.0829. The van der Waals surface area contributed by atoms with Gasteiger partial charge in [0.2, 0.25) is 23.7 Å². The van der Waals surface area contributed by atoms with Crippen molar-refractivity contribution in [2.24, 2.45) is 0 Å². The monoisotopic (exact) mass is 836 g/mol. The minimum atomic E-state index is -1.10. The molecule has 2 aromatic carbocycles. The predicted octanol–water partition coefficient (Wildman–Crippen LogP) is 3.82. The second-order valence-corrected chi connectivity index (χ2v) is 16.0. The van der Waals surface area contributed by atoms with Gasteiger partial charge in [-0.3, -0.25) is 39.0 Å². The largest absolute Gasteiger partial charge is 0.483 e. The number of carbonyl (C=O) groups excluding carboxylic acids is 6. The number of imide groups is 2. The van der Waals surface area contributed by atoms with E-state index in [-0.39, 0.29) is 54.3 Å². The lowest BCUT2D eigenvalue weighted by Crippen LogP contribution is -2.54. The van der Waals surface area contributed by atoms with Crippen molar-refractivity contribution in [1.82, 2.24) is 40.0 Å². The summed E-state index contributed by atoms with van der Waals surface area (Å²) in [6, 6.07) is 11.4. The molecule has 0 spiro atoms. The summed E-state index contributed by atoms with van der Waals surface area (Å²) in [6.07, 6.45) is 7.06. The fourth-order valence-electron chi connectivity index (χ4n) is 7.66. The Labute approximate surface area is 353 Å². The standard InChI is InChI=1S/C43H52N10O8/c1-26(2)31-24-46-53-38(31)49-43(61-29-17-20-51(3)21-18-29)50-42(53)45-23-27-10-8-11-28(22-27)47-34(54)14-6-4-5-7-19-44-36(56)25-60-33-13-9-12-30-37(33)41(59)52(40(30)58)32-15-16-35(55)48-39(32)57/h8-13,22,24,26,29,32H,4-7,14-21,23,25H2,1-3H3,(H,44,56)(H,47,54)(H,45,49,50)(H,48,55,57). The Morgan fingerprint density at radius 2 is 1.72 bits per heavy atom. The molecule has 0 aliphatic carbocycles. The number of rotatable bonds is 18. The summed E-state index contributed by atoms with van der Waals surface area (Å²) in [6.45, 7) is 6.58. The number of anilines is 2. The van der Waals surface area contributed by atoms with E-state index in [0.717, 1.165) is 54.8 Å². The van der Waals surface area contributed by atoms with Crippen LogP contribution in [0, 0.1) is 0 Å². The van der Waals surface area contributed by atoms with Gasteiger partial charge in [-0.05, 0) is 74.9 Å². The van der Waals surface area contributed by atoms with Crippen LogP contribution in [0.5, 0.6) is 11.8 Å². The summed E-state index contributed by atoms with van der Waals surface area (Å²) in [4.78, 5) is 88.2. The molecule has 1 unspecified atom stereocenters. The fraction of sp³-hybridized carbons (Fsp3) is 0.465. The van der Waals surface area contributed by atoms with Crippen LogP contribution >= 0.6 is 0 Å². The van der Waals surface area contributed by atoms with Gasteiger partial charge in [0.25, 0.3) is 17.7 Å². The predicted molar refractivity (Wildman–Crippen MR) is 223 cm³/mol. The van der Waals surface area contributed by atoms with Crippen molar-refractivity contribution in [3.8, 4) is 11.8 Å². The van der Waals surface area contributed by atoms with Gasteiger partial charge in [0.15, 0.2) is 12.3 Å². The molecule has 18 heteroatoms. The summed E-state index contributed by atoms with van der Waals surface area (Å²) in [5.41, 5.74) is 3.41. The zero-order valence-electron chi connectivity index (χ0n) is 34.7. The number of nitrogens with one attached hydrogen (secondary N) is 4. The van der Waals surface area contributed by atoms with Crippen molar-refractivity contribution in [3.05, 3.63) is 70.9 Å². The van der Waals surface area contributed by atoms with E-state index in [4.69, 9.17) is 19.4 Å². The van der Waals surface area contributed by atoms with Gasteiger partial charge in [0, 0.05) is 50.3 Å². The number of benzene rings is 2. The highest BCUT2D eigenvalue weighted by Gasteiger charge is 2.46. The van der Waals surface area contributed by atoms with Gasteiger partial charge in [0.1, 0.15) is 17.9 Å². The molecule has 0 bridgehead atoms. The molecule has 1 atom stereocenters. The molecule has 3 aliphatic rings. The third-order valence-corrected chi connectivity index (χ3v) is 11.0. The maximum absolute atomic E-state index is 13.2. The van der Waals surface area contributed by atoms with Crippen molar-refractivity contribution >= 4 is 52.7 Å². The fourth-order valence-corrected chi connectivity index (χ4v) is 7.66. The van der Waals surface area contributed by atoms with E-state index >= 15 is 0 Å². The Bertz CT molecular complexity index is 2300. The van der Waals surface area contributed by atoms with Crippen molar-refractivity contribution in [2.75, 3.05) is 43.9 Å². The second kappa shape index (κ2) is 19.3. The third kappa shape index (κ3) is 10.3. The highest BCUT2D eigenvalue weighted by Crippen LogP contribution is 2.34. The van der Waals surface area contributed by atoms with Crippen LogP contribution in [0.15, 0.2) is 48.7 Å². The van der Waals surface area contributed by atoms with E-state index in [1.165, 1.54) is 18.2 Å². The van der Waals surface area contributed by atoms with Crippen molar-refractivity contribution < 1.29 is 38.2 Å². The summed E-state index contributed by atoms with van der Waals surface area (Å²) < 4.78 is 13.6. The number of aromatic nitrogens is 4. The molecule has 2 saturated heterocycles. The molecule has 4 N–H and O–H groups in total. The Morgan fingerprint density at radius 1 is 0.934 bits per heavy atom. The molecular weight excluding hydrogens is 785 g/mol. The average molecular weight is 837 g/mol. The third-order valence-electron chi connectivity index (χ3n) is 11.0. The van der Waals surface area contributed by atoms with Gasteiger partial charge in [-0.15, -0.1) is 0 Å². The first-order chi connectivity index (χ1) is 29.4. The van der Waals surface area contributed by atoms with Crippen molar-refractivity contribution in [3.63, 3.8) is 0 Å². The van der Waals surface area contributed by atoms with Crippen LogP contribution in [-0.2, 0) is 25.7 Å². The van der Waals surface area contributed by atoms with E-state index in [0.29, 0.717) is 55.6 Å². The molecule has 6 amide bonds. The Morgan fingerprint density at radius 3 is 2.51 bits per heavy atom. The Hall–Kier alpha value is -6.43. The van der Waals surface area contributed by atoms with Crippen LogP contribution < -0.4 is 30.7 Å². The lowest BCUT2D eigenvalue weighted by Gasteiger charge is -2.28. The number of ether oxygens (including phenoxy) is 2. The number of likely N-dealkylation sites (tertiary alicyclic amines) is 1. The Kier molecular flexibility index (Phi) is 13.5.